The van der Waals surface area contributed by atoms with E-state index in [1.807, 2.05) is 30.3 Å². The minimum Gasteiger partial charge on any atom is -0.305 e. The summed E-state index contributed by atoms with van der Waals surface area (Å²) < 4.78 is 0. The maximum absolute atomic E-state index is 12.5. The maximum Gasteiger partial charge on any atom is 0.257 e. The topological polar surface area (TPSA) is 57.8 Å². The molecule has 0 aliphatic carbocycles. The number of carbonyl (C=O) groups excluding carboxylic acids is 1. The SMILES string of the molecule is CCCc1cc(NC(=O)c2ccccc2C(C)(C)C)n[nH]1. The number of nitrogens with one attached hydrogen (secondary N) is 2. The third kappa shape index (κ3) is 3.72. The lowest BCUT2D eigenvalue weighted by Gasteiger charge is -2.22. The fraction of sp³-hybridized carbons (Fsp3) is 0.412. The molecule has 4 heteroatoms. The first-order valence-electron chi connectivity index (χ1n) is 7.37. The number of aromatic amines is 1. The van der Waals surface area contributed by atoms with Crippen LogP contribution in [0.25, 0.3) is 0 Å². The van der Waals surface area contributed by atoms with E-state index in [1.165, 1.54) is 0 Å². The Labute approximate surface area is 126 Å². The number of rotatable bonds is 4. The fourth-order valence-corrected chi connectivity index (χ4v) is 2.34. The highest BCUT2D eigenvalue weighted by Crippen LogP contribution is 2.26. The van der Waals surface area contributed by atoms with E-state index >= 15 is 0 Å². The van der Waals surface area contributed by atoms with Gasteiger partial charge < -0.3 is 5.32 Å². The van der Waals surface area contributed by atoms with Crippen LogP contribution in [-0.2, 0) is 11.8 Å². The van der Waals surface area contributed by atoms with Crippen molar-refractivity contribution in [1.82, 2.24) is 10.2 Å². The number of aromatic nitrogens is 2. The van der Waals surface area contributed by atoms with Gasteiger partial charge in [-0.1, -0.05) is 52.3 Å². The van der Waals surface area contributed by atoms with Crippen LogP contribution >= 0.6 is 0 Å². The number of hydrogen-bond donors (Lipinski definition) is 2. The molecule has 0 radical (unpaired) electrons. The first-order valence-corrected chi connectivity index (χ1v) is 7.37. The van der Waals surface area contributed by atoms with Crippen LogP contribution in [0.1, 0.15) is 55.7 Å². The van der Waals surface area contributed by atoms with Gasteiger partial charge in [-0.3, -0.25) is 9.89 Å². The summed E-state index contributed by atoms with van der Waals surface area (Å²) in [7, 11) is 0. The summed E-state index contributed by atoms with van der Waals surface area (Å²) in [6.07, 6.45) is 1.98. The molecule has 0 unspecified atom stereocenters. The molecule has 0 aliphatic heterocycles. The Morgan fingerprint density at radius 3 is 2.67 bits per heavy atom. The van der Waals surface area contributed by atoms with Crippen molar-refractivity contribution in [2.45, 2.75) is 46.0 Å². The number of hydrogen-bond acceptors (Lipinski definition) is 2. The van der Waals surface area contributed by atoms with Gasteiger partial charge in [0.25, 0.3) is 5.91 Å². The van der Waals surface area contributed by atoms with Crippen molar-refractivity contribution < 1.29 is 4.79 Å². The van der Waals surface area contributed by atoms with E-state index in [4.69, 9.17) is 0 Å². The van der Waals surface area contributed by atoms with Crippen LogP contribution in [0.3, 0.4) is 0 Å². The summed E-state index contributed by atoms with van der Waals surface area (Å²) in [5.74, 6) is 0.460. The first-order chi connectivity index (χ1) is 9.91. The second-order valence-corrected chi connectivity index (χ2v) is 6.28. The maximum atomic E-state index is 12.5. The molecule has 0 saturated heterocycles. The van der Waals surface area contributed by atoms with Crippen molar-refractivity contribution in [2.24, 2.45) is 0 Å². The Morgan fingerprint density at radius 1 is 1.29 bits per heavy atom. The molecule has 2 aromatic rings. The smallest absolute Gasteiger partial charge is 0.257 e. The molecule has 0 fully saturated rings. The fourth-order valence-electron chi connectivity index (χ4n) is 2.34. The van der Waals surface area contributed by atoms with E-state index in [0.717, 1.165) is 24.1 Å². The van der Waals surface area contributed by atoms with E-state index in [2.05, 4.69) is 43.2 Å². The molecule has 0 bridgehead atoms. The lowest BCUT2D eigenvalue weighted by molar-refractivity contribution is 0.102. The van der Waals surface area contributed by atoms with Crippen LogP contribution in [0.15, 0.2) is 30.3 Å². The van der Waals surface area contributed by atoms with E-state index in [-0.39, 0.29) is 11.3 Å². The monoisotopic (exact) mass is 285 g/mol. The van der Waals surface area contributed by atoms with Gasteiger partial charge in [0.2, 0.25) is 0 Å². The number of carbonyl (C=O) groups is 1. The average molecular weight is 285 g/mol. The summed E-state index contributed by atoms with van der Waals surface area (Å²) in [6, 6.07) is 9.60. The predicted molar refractivity (Wildman–Crippen MR) is 85.7 cm³/mol. The second-order valence-electron chi connectivity index (χ2n) is 6.28. The van der Waals surface area contributed by atoms with Gasteiger partial charge in [-0.25, -0.2) is 0 Å². The molecule has 1 heterocycles. The Kier molecular flexibility index (Phi) is 4.46. The molecular weight excluding hydrogens is 262 g/mol. The highest BCUT2D eigenvalue weighted by Gasteiger charge is 2.21. The number of amides is 1. The van der Waals surface area contributed by atoms with Crippen LogP contribution < -0.4 is 5.32 Å². The predicted octanol–water partition coefficient (Wildman–Crippen LogP) is 3.91. The zero-order chi connectivity index (χ0) is 15.5. The largest absolute Gasteiger partial charge is 0.305 e. The molecule has 1 amide bonds. The molecule has 1 aromatic heterocycles. The summed E-state index contributed by atoms with van der Waals surface area (Å²) >= 11 is 0. The molecule has 0 spiro atoms. The molecule has 0 aliphatic rings. The quantitative estimate of drug-likeness (QED) is 0.894. The van der Waals surface area contributed by atoms with Crippen molar-refractivity contribution in [3.8, 4) is 0 Å². The van der Waals surface area contributed by atoms with Gasteiger partial charge in [-0.05, 0) is 23.5 Å². The van der Waals surface area contributed by atoms with E-state index in [9.17, 15) is 4.79 Å². The molecule has 0 saturated carbocycles. The molecule has 4 nitrogen and oxygen atoms in total. The molecule has 1 aromatic carbocycles. The highest BCUT2D eigenvalue weighted by atomic mass is 16.1. The van der Waals surface area contributed by atoms with Gasteiger partial charge in [0.15, 0.2) is 5.82 Å². The molecule has 2 N–H and O–H groups in total. The van der Waals surface area contributed by atoms with Crippen molar-refractivity contribution in [3.05, 3.63) is 47.2 Å². The Bertz CT molecular complexity index is 623. The Balaban J connectivity index is 2.20. The third-order valence-electron chi connectivity index (χ3n) is 3.37. The highest BCUT2D eigenvalue weighted by molar-refractivity contribution is 6.05. The van der Waals surface area contributed by atoms with E-state index in [0.29, 0.717) is 11.4 Å². The van der Waals surface area contributed by atoms with Crippen molar-refractivity contribution in [3.63, 3.8) is 0 Å². The number of anilines is 1. The minimum absolute atomic E-state index is 0.0765. The van der Waals surface area contributed by atoms with E-state index < -0.39 is 0 Å². The first kappa shape index (κ1) is 15.3. The van der Waals surface area contributed by atoms with Crippen molar-refractivity contribution in [2.75, 3.05) is 5.32 Å². The van der Waals surface area contributed by atoms with Crippen LogP contribution in [0.2, 0.25) is 0 Å². The Hall–Kier alpha value is -2.10. The van der Waals surface area contributed by atoms with Gasteiger partial charge in [-0.15, -0.1) is 0 Å². The number of aryl methyl sites for hydroxylation is 1. The molecule has 2 rings (SSSR count). The minimum atomic E-state index is -0.116. The number of nitrogens with zero attached hydrogens (tertiary/aromatic N) is 1. The summed E-state index contributed by atoms with van der Waals surface area (Å²) in [4.78, 5) is 12.5. The van der Waals surface area contributed by atoms with Crippen LogP contribution in [0.5, 0.6) is 0 Å². The van der Waals surface area contributed by atoms with Crippen LogP contribution in [-0.4, -0.2) is 16.1 Å². The zero-order valence-corrected chi connectivity index (χ0v) is 13.2. The van der Waals surface area contributed by atoms with Gasteiger partial charge in [0.1, 0.15) is 0 Å². The number of H-pyrrole nitrogens is 1. The standard InChI is InChI=1S/C17H23N3O/c1-5-8-12-11-15(20-19-12)18-16(21)13-9-6-7-10-14(13)17(2,3)4/h6-7,9-11H,5,8H2,1-4H3,(H2,18,19,20,21). The van der Waals surface area contributed by atoms with Crippen LogP contribution in [0, 0.1) is 0 Å². The lowest BCUT2D eigenvalue weighted by Crippen LogP contribution is -2.21. The average Bonchev–Trinajstić information content (AvgIpc) is 2.85. The summed E-state index contributed by atoms with van der Waals surface area (Å²) in [5.41, 5.74) is 2.70. The van der Waals surface area contributed by atoms with Gasteiger partial charge in [0, 0.05) is 17.3 Å². The second kappa shape index (κ2) is 6.12. The Morgan fingerprint density at radius 2 is 2.00 bits per heavy atom. The molecule has 21 heavy (non-hydrogen) atoms. The van der Waals surface area contributed by atoms with Crippen molar-refractivity contribution in [1.29, 1.82) is 0 Å². The van der Waals surface area contributed by atoms with Gasteiger partial charge in [0.05, 0.1) is 0 Å². The molecule has 112 valence electrons. The normalized spacial score (nSPS) is 11.4. The van der Waals surface area contributed by atoms with Crippen LogP contribution in [0.4, 0.5) is 5.82 Å². The summed E-state index contributed by atoms with van der Waals surface area (Å²) in [6.45, 7) is 8.42. The van der Waals surface area contributed by atoms with Gasteiger partial charge >= 0.3 is 0 Å². The van der Waals surface area contributed by atoms with E-state index in [1.54, 1.807) is 0 Å². The molecular formula is C17H23N3O. The molecule has 0 atom stereocenters. The third-order valence-corrected chi connectivity index (χ3v) is 3.37. The summed E-state index contributed by atoms with van der Waals surface area (Å²) in [5, 5.41) is 9.95. The lowest BCUT2D eigenvalue weighted by atomic mass is 9.83. The van der Waals surface area contributed by atoms with Gasteiger partial charge in [-0.2, -0.15) is 5.10 Å². The zero-order valence-electron chi connectivity index (χ0n) is 13.2. The van der Waals surface area contributed by atoms with Crippen molar-refractivity contribution >= 4 is 11.7 Å². The number of benzene rings is 1.